The molecule has 1 saturated heterocycles. The first-order valence-corrected chi connectivity index (χ1v) is 9.93. The molecule has 146 valence electrons. The Morgan fingerprint density at radius 3 is 2.24 bits per heavy atom. The Kier molecular flexibility index (Phi) is 5.86. The van der Waals surface area contributed by atoms with E-state index >= 15 is 0 Å². The van der Waals surface area contributed by atoms with Crippen LogP contribution in [0.1, 0.15) is 5.56 Å². The van der Waals surface area contributed by atoms with E-state index < -0.39 is 0 Å². The van der Waals surface area contributed by atoms with E-state index in [0.29, 0.717) is 18.1 Å². The first-order chi connectivity index (χ1) is 14.2. The van der Waals surface area contributed by atoms with E-state index in [1.54, 1.807) is 6.08 Å². The number of hydrogen-bond donors (Lipinski definition) is 0. The number of anilines is 1. The molecule has 0 atom stereocenters. The van der Waals surface area contributed by atoms with E-state index in [4.69, 9.17) is 11.6 Å². The van der Waals surface area contributed by atoms with E-state index in [-0.39, 0.29) is 5.91 Å². The van der Waals surface area contributed by atoms with Crippen molar-refractivity contribution in [1.29, 1.82) is 0 Å². The topological polar surface area (TPSA) is 49.3 Å². The van der Waals surface area contributed by atoms with Gasteiger partial charge in [-0.25, -0.2) is 0 Å². The average Bonchev–Trinajstić information content (AvgIpc) is 2.79. The number of hydrogen-bond acceptors (Lipinski definition) is 4. The highest BCUT2D eigenvalue weighted by Crippen LogP contribution is 2.19. The fourth-order valence-electron chi connectivity index (χ4n) is 3.26. The Balaban J connectivity index is 1.33. The van der Waals surface area contributed by atoms with Gasteiger partial charge in [0.2, 0.25) is 5.91 Å². The Hall–Kier alpha value is -3.18. The summed E-state index contributed by atoms with van der Waals surface area (Å²) >= 11 is 5.89. The van der Waals surface area contributed by atoms with E-state index in [1.165, 1.54) is 0 Å². The molecule has 4 rings (SSSR count). The van der Waals surface area contributed by atoms with Gasteiger partial charge in [0, 0.05) is 42.8 Å². The van der Waals surface area contributed by atoms with Crippen molar-refractivity contribution < 1.29 is 4.79 Å². The fraction of sp³-hybridized carbons (Fsp3) is 0.174. The van der Waals surface area contributed by atoms with Crippen molar-refractivity contribution in [3.05, 3.63) is 83.4 Å². The number of benzene rings is 2. The first kappa shape index (κ1) is 19.2. The van der Waals surface area contributed by atoms with Crippen LogP contribution in [0.15, 0.2) is 72.8 Å². The van der Waals surface area contributed by atoms with Gasteiger partial charge in [-0.05, 0) is 35.9 Å². The smallest absolute Gasteiger partial charge is 0.246 e. The van der Waals surface area contributed by atoms with Crippen molar-refractivity contribution in [2.75, 3.05) is 31.1 Å². The largest absolute Gasteiger partial charge is 0.352 e. The minimum atomic E-state index is 0.0186. The number of amides is 1. The van der Waals surface area contributed by atoms with Crippen molar-refractivity contribution in [2.24, 2.45) is 0 Å². The lowest BCUT2D eigenvalue weighted by Crippen LogP contribution is -2.48. The molecule has 0 aliphatic carbocycles. The van der Waals surface area contributed by atoms with E-state index in [0.717, 1.165) is 35.7 Å². The number of carbonyl (C=O) groups is 1. The summed E-state index contributed by atoms with van der Waals surface area (Å²) in [5.74, 6) is 0.860. The van der Waals surface area contributed by atoms with Crippen LogP contribution in [0, 0.1) is 0 Å². The van der Waals surface area contributed by atoms with Crippen molar-refractivity contribution in [2.45, 2.75) is 0 Å². The predicted molar refractivity (Wildman–Crippen MR) is 117 cm³/mol. The van der Waals surface area contributed by atoms with Crippen molar-refractivity contribution in [3.63, 3.8) is 0 Å². The second-order valence-corrected chi connectivity index (χ2v) is 7.28. The van der Waals surface area contributed by atoms with Crippen LogP contribution in [0.3, 0.4) is 0 Å². The molecule has 3 aromatic rings. The van der Waals surface area contributed by atoms with Crippen LogP contribution in [0.2, 0.25) is 5.02 Å². The van der Waals surface area contributed by atoms with Crippen LogP contribution < -0.4 is 4.90 Å². The standard InChI is InChI=1S/C23H21ClN4O/c24-20-9-6-18(7-10-20)8-13-23(29)28-16-14-27(15-17-28)22-12-11-21(25-26-22)19-4-2-1-3-5-19/h1-13H,14-17H2/b13-8+. The maximum Gasteiger partial charge on any atom is 0.246 e. The number of piperazine rings is 1. The molecular formula is C23H21ClN4O. The van der Waals surface area contributed by atoms with Gasteiger partial charge in [0.1, 0.15) is 0 Å². The van der Waals surface area contributed by atoms with Crippen molar-refractivity contribution >= 4 is 29.4 Å². The van der Waals surface area contributed by atoms with Crippen LogP contribution in [0.4, 0.5) is 5.82 Å². The Morgan fingerprint density at radius 2 is 1.59 bits per heavy atom. The second-order valence-electron chi connectivity index (χ2n) is 6.84. The normalized spacial score (nSPS) is 14.4. The monoisotopic (exact) mass is 404 g/mol. The van der Waals surface area contributed by atoms with Crippen molar-refractivity contribution in [1.82, 2.24) is 15.1 Å². The van der Waals surface area contributed by atoms with Gasteiger partial charge in [0.25, 0.3) is 0 Å². The van der Waals surface area contributed by atoms with Gasteiger partial charge in [-0.15, -0.1) is 10.2 Å². The zero-order chi connectivity index (χ0) is 20.1. The Bertz CT molecular complexity index is 980. The molecule has 5 nitrogen and oxygen atoms in total. The van der Waals surface area contributed by atoms with E-state index in [1.807, 2.05) is 77.7 Å². The van der Waals surface area contributed by atoms with Crippen LogP contribution >= 0.6 is 11.6 Å². The summed E-state index contributed by atoms with van der Waals surface area (Å²) in [5.41, 5.74) is 2.86. The third kappa shape index (κ3) is 4.81. The second kappa shape index (κ2) is 8.88. The number of rotatable bonds is 4. The number of nitrogens with zero attached hydrogens (tertiary/aromatic N) is 4. The predicted octanol–water partition coefficient (Wildman–Crippen LogP) is 4.16. The molecule has 1 fully saturated rings. The van der Waals surface area contributed by atoms with Gasteiger partial charge in [0.05, 0.1) is 5.69 Å². The summed E-state index contributed by atoms with van der Waals surface area (Å²) in [6, 6.07) is 21.4. The van der Waals surface area contributed by atoms with Gasteiger partial charge in [0.15, 0.2) is 5.82 Å². The molecule has 0 bridgehead atoms. The molecule has 2 heterocycles. The molecule has 29 heavy (non-hydrogen) atoms. The molecular weight excluding hydrogens is 384 g/mol. The zero-order valence-electron chi connectivity index (χ0n) is 15.9. The lowest BCUT2D eigenvalue weighted by Gasteiger charge is -2.34. The van der Waals surface area contributed by atoms with Crippen molar-refractivity contribution in [3.8, 4) is 11.3 Å². The molecule has 0 saturated carbocycles. The highest BCUT2D eigenvalue weighted by atomic mass is 35.5. The Labute approximate surface area is 175 Å². The lowest BCUT2D eigenvalue weighted by molar-refractivity contribution is -0.126. The summed E-state index contributed by atoms with van der Waals surface area (Å²) in [6.07, 6.45) is 3.44. The summed E-state index contributed by atoms with van der Waals surface area (Å²) in [6.45, 7) is 2.79. The maximum absolute atomic E-state index is 12.4. The molecule has 0 unspecified atom stereocenters. The maximum atomic E-state index is 12.4. The molecule has 0 radical (unpaired) electrons. The SMILES string of the molecule is O=C(/C=C/c1ccc(Cl)cc1)N1CCN(c2ccc(-c3ccccc3)nn2)CC1. The highest BCUT2D eigenvalue weighted by Gasteiger charge is 2.20. The molecule has 1 aromatic heterocycles. The van der Waals surface area contributed by atoms with Crippen LogP contribution in [0.5, 0.6) is 0 Å². The molecule has 1 aliphatic heterocycles. The summed E-state index contributed by atoms with van der Waals surface area (Å²) < 4.78 is 0. The van der Waals surface area contributed by atoms with Gasteiger partial charge in [-0.1, -0.05) is 54.1 Å². The number of halogens is 1. The average molecular weight is 405 g/mol. The number of aromatic nitrogens is 2. The molecule has 6 heteroatoms. The fourth-order valence-corrected chi connectivity index (χ4v) is 3.39. The van der Waals surface area contributed by atoms with E-state index in [2.05, 4.69) is 15.1 Å². The summed E-state index contributed by atoms with van der Waals surface area (Å²) in [7, 11) is 0. The quantitative estimate of drug-likeness (QED) is 0.613. The van der Waals surface area contributed by atoms with Gasteiger partial charge in [-0.2, -0.15) is 0 Å². The molecule has 0 spiro atoms. The summed E-state index contributed by atoms with van der Waals surface area (Å²) in [4.78, 5) is 16.5. The first-order valence-electron chi connectivity index (χ1n) is 9.56. The molecule has 1 amide bonds. The van der Waals surface area contributed by atoms with E-state index in [9.17, 15) is 4.79 Å². The highest BCUT2D eigenvalue weighted by molar-refractivity contribution is 6.30. The zero-order valence-corrected chi connectivity index (χ0v) is 16.7. The minimum absolute atomic E-state index is 0.0186. The third-order valence-corrected chi connectivity index (χ3v) is 5.18. The van der Waals surface area contributed by atoms with Crippen LogP contribution in [-0.4, -0.2) is 47.2 Å². The minimum Gasteiger partial charge on any atom is -0.352 e. The molecule has 1 aliphatic rings. The number of carbonyl (C=O) groups excluding carboxylic acids is 1. The van der Waals surface area contributed by atoms with Crippen LogP contribution in [0.25, 0.3) is 17.3 Å². The van der Waals surface area contributed by atoms with Gasteiger partial charge < -0.3 is 9.80 Å². The molecule has 2 aromatic carbocycles. The third-order valence-electron chi connectivity index (χ3n) is 4.92. The summed E-state index contributed by atoms with van der Waals surface area (Å²) in [5, 5.41) is 9.42. The Morgan fingerprint density at radius 1 is 0.862 bits per heavy atom. The lowest BCUT2D eigenvalue weighted by atomic mass is 10.1. The molecule has 0 N–H and O–H groups in total. The van der Waals surface area contributed by atoms with Gasteiger partial charge >= 0.3 is 0 Å². The van der Waals surface area contributed by atoms with Gasteiger partial charge in [-0.3, -0.25) is 4.79 Å². The van der Waals surface area contributed by atoms with Crippen LogP contribution in [-0.2, 0) is 4.79 Å².